The molecule has 1 aliphatic heterocycles. The first kappa shape index (κ1) is 14.6. The Hall–Kier alpha value is -1.85. The Morgan fingerprint density at radius 2 is 1.95 bits per heavy atom. The zero-order valence-corrected chi connectivity index (χ0v) is 12.6. The molecule has 0 saturated carbocycles. The molecule has 0 unspecified atom stereocenters. The van der Waals surface area contributed by atoms with Gasteiger partial charge in [-0.25, -0.2) is 4.98 Å². The van der Waals surface area contributed by atoms with Crippen molar-refractivity contribution in [3.8, 4) is 5.88 Å². The van der Waals surface area contributed by atoms with E-state index < -0.39 is 0 Å². The van der Waals surface area contributed by atoms with Crippen LogP contribution in [0.5, 0.6) is 5.88 Å². The number of rotatable bonds is 3. The molecule has 2 rings (SSSR count). The molecule has 6 heteroatoms. The van der Waals surface area contributed by atoms with E-state index in [9.17, 15) is 4.79 Å². The van der Waals surface area contributed by atoms with Gasteiger partial charge in [-0.1, -0.05) is 13.8 Å². The van der Waals surface area contributed by atoms with Crippen molar-refractivity contribution in [3.05, 3.63) is 12.0 Å². The fourth-order valence-electron chi connectivity index (χ4n) is 2.34. The highest BCUT2D eigenvalue weighted by molar-refractivity contribution is 5.78. The van der Waals surface area contributed by atoms with Crippen LogP contribution in [-0.4, -0.2) is 54.1 Å². The number of carbonyl (C=O) groups excluding carboxylic acids is 1. The molecule has 0 aromatic carbocycles. The van der Waals surface area contributed by atoms with Crippen molar-refractivity contribution in [1.29, 1.82) is 0 Å². The SMILES string of the molecule is COc1nc(C)ncc1N1CCN(C(=O)C(C)C)CC1. The number of carbonyl (C=O) groups is 1. The first-order valence-electron chi connectivity index (χ1n) is 6.94. The number of aryl methyl sites for hydroxylation is 1. The Morgan fingerprint density at radius 3 is 2.50 bits per heavy atom. The van der Waals surface area contributed by atoms with Gasteiger partial charge in [-0.2, -0.15) is 4.98 Å². The van der Waals surface area contributed by atoms with Crippen LogP contribution in [0.15, 0.2) is 6.20 Å². The van der Waals surface area contributed by atoms with E-state index >= 15 is 0 Å². The van der Waals surface area contributed by atoms with Gasteiger partial charge in [-0.15, -0.1) is 0 Å². The first-order chi connectivity index (χ1) is 9.52. The van der Waals surface area contributed by atoms with Crippen molar-refractivity contribution < 1.29 is 9.53 Å². The average molecular weight is 278 g/mol. The van der Waals surface area contributed by atoms with Crippen LogP contribution in [0, 0.1) is 12.8 Å². The largest absolute Gasteiger partial charge is 0.479 e. The molecule has 20 heavy (non-hydrogen) atoms. The predicted octanol–water partition coefficient (Wildman–Crippen LogP) is 1.10. The summed E-state index contributed by atoms with van der Waals surface area (Å²) in [4.78, 5) is 24.6. The summed E-state index contributed by atoms with van der Waals surface area (Å²) in [5.74, 6) is 1.57. The van der Waals surface area contributed by atoms with Gasteiger partial charge in [0.05, 0.1) is 13.3 Å². The summed E-state index contributed by atoms with van der Waals surface area (Å²) < 4.78 is 5.32. The maximum atomic E-state index is 12.0. The number of nitrogens with zero attached hydrogens (tertiary/aromatic N) is 4. The second-order valence-electron chi connectivity index (χ2n) is 5.28. The molecule has 1 amide bonds. The van der Waals surface area contributed by atoms with Crippen molar-refractivity contribution in [2.45, 2.75) is 20.8 Å². The van der Waals surface area contributed by atoms with E-state index in [-0.39, 0.29) is 11.8 Å². The maximum absolute atomic E-state index is 12.0. The highest BCUT2D eigenvalue weighted by atomic mass is 16.5. The molecule has 2 heterocycles. The number of hydrogen-bond donors (Lipinski definition) is 0. The Labute approximate surface area is 119 Å². The van der Waals surface area contributed by atoms with Crippen LogP contribution in [0.2, 0.25) is 0 Å². The number of amides is 1. The number of hydrogen-bond acceptors (Lipinski definition) is 5. The van der Waals surface area contributed by atoms with E-state index in [4.69, 9.17) is 4.74 Å². The van der Waals surface area contributed by atoms with Crippen molar-refractivity contribution >= 4 is 11.6 Å². The molecule has 0 bridgehead atoms. The third-order valence-electron chi connectivity index (χ3n) is 3.48. The summed E-state index contributed by atoms with van der Waals surface area (Å²) >= 11 is 0. The summed E-state index contributed by atoms with van der Waals surface area (Å²) in [6, 6.07) is 0. The highest BCUT2D eigenvalue weighted by Crippen LogP contribution is 2.26. The van der Waals surface area contributed by atoms with Crippen molar-refractivity contribution in [1.82, 2.24) is 14.9 Å². The second-order valence-corrected chi connectivity index (χ2v) is 5.28. The van der Waals surface area contributed by atoms with Gasteiger partial charge in [0.15, 0.2) is 0 Å². The molecule has 1 fully saturated rings. The third-order valence-corrected chi connectivity index (χ3v) is 3.48. The molecular formula is C14H22N4O2. The van der Waals surface area contributed by atoms with E-state index in [1.165, 1.54) is 0 Å². The highest BCUT2D eigenvalue weighted by Gasteiger charge is 2.24. The van der Waals surface area contributed by atoms with Crippen LogP contribution in [0.4, 0.5) is 5.69 Å². The van der Waals surface area contributed by atoms with Crippen LogP contribution in [0.25, 0.3) is 0 Å². The second kappa shape index (κ2) is 6.07. The number of anilines is 1. The van der Waals surface area contributed by atoms with Gasteiger partial charge in [0, 0.05) is 32.1 Å². The molecule has 1 aromatic rings. The molecule has 1 saturated heterocycles. The molecule has 110 valence electrons. The molecule has 0 atom stereocenters. The van der Waals surface area contributed by atoms with Crippen molar-refractivity contribution in [3.63, 3.8) is 0 Å². The zero-order valence-electron chi connectivity index (χ0n) is 12.6. The first-order valence-corrected chi connectivity index (χ1v) is 6.94. The van der Waals surface area contributed by atoms with E-state index in [2.05, 4.69) is 14.9 Å². The standard InChI is InChI=1S/C14H22N4O2/c1-10(2)14(19)18-7-5-17(6-8-18)12-9-15-11(3)16-13(12)20-4/h9-10H,5-8H2,1-4H3. The topological polar surface area (TPSA) is 58.6 Å². The van der Waals surface area contributed by atoms with Gasteiger partial charge in [0.1, 0.15) is 11.5 Å². The molecule has 0 radical (unpaired) electrons. The fraction of sp³-hybridized carbons (Fsp3) is 0.643. The molecule has 1 aromatic heterocycles. The lowest BCUT2D eigenvalue weighted by Crippen LogP contribution is -2.50. The third kappa shape index (κ3) is 3.00. The number of piperazine rings is 1. The van der Waals surface area contributed by atoms with Crippen LogP contribution < -0.4 is 9.64 Å². The van der Waals surface area contributed by atoms with Gasteiger partial charge in [0.25, 0.3) is 0 Å². The summed E-state index contributed by atoms with van der Waals surface area (Å²) in [6.45, 7) is 8.73. The van der Waals surface area contributed by atoms with E-state index in [1.807, 2.05) is 25.7 Å². The predicted molar refractivity (Wildman–Crippen MR) is 77.0 cm³/mol. The number of methoxy groups -OCH3 is 1. The van der Waals surface area contributed by atoms with Crippen molar-refractivity contribution in [2.24, 2.45) is 5.92 Å². The Morgan fingerprint density at radius 1 is 1.30 bits per heavy atom. The van der Waals surface area contributed by atoms with Crippen LogP contribution in [0.1, 0.15) is 19.7 Å². The molecular weight excluding hydrogens is 256 g/mol. The molecule has 0 N–H and O–H groups in total. The zero-order chi connectivity index (χ0) is 14.7. The van der Waals surface area contributed by atoms with Crippen molar-refractivity contribution in [2.75, 3.05) is 38.2 Å². The summed E-state index contributed by atoms with van der Waals surface area (Å²) in [5, 5.41) is 0. The van der Waals surface area contributed by atoms with Crippen LogP contribution in [-0.2, 0) is 4.79 Å². The number of aromatic nitrogens is 2. The Balaban J connectivity index is 2.06. The minimum absolute atomic E-state index is 0.0544. The van der Waals surface area contributed by atoms with E-state index in [0.29, 0.717) is 11.7 Å². The minimum atomic E-state index is 0.0544. The molecule has 0 aliphatic carbocycles. The Bertz CT molecular complexity index is 482. The lowest BCUT2D eigenvalue weighted by Gasteiger charge is -2.36. The minimum Gasteiger partial charge on any atom is -0.479 e. The molecule has 0 spiro atoms. The molecule has 6 nitrogen and oxygen atoms in total. The normalized spacial score (nSPS) is 15.7. The van der Waals surface area contributed by atoms with Crippen LogP contribution >= 0.6 is 0 Å². The average Bonchev–Trinajstić information content (AvgIpc) is 2.46. The summed E-state index contributed by atoms with van der Waals surface area (Å²) in [7, 11) is 1.61. The summed E-state index contributed by atoms with van der Waals surface area (Å²) in [5.41, 5.74) is 0.898. The maximum Gasteiger partial charge on any atom is 0.240 e. The lowest BCUT2D eigenvalue weighted by molar-refractivity contribution is -0.134. The smallest absolute Gasteiger partial charge is 0.240 e. The summed E-state index contributed by atoms with van der Waals surface area (Å²) in [6.07, 6.45) is 1.79. The Kier molecular flexibility index (Phi) is 4.42. The van der Waals surface area contributed by atoms with Gasteiger partial charge < -0.3 is 14.5 Å². The van der Waals surface area contributed by atoms with Gasteiger partial charge in [0.2, 0.25) is 11.8 Å². The van der Waals surface area contributed by atoms with E-state index in [0.717, 1.165) is 31.9 Å². The van der Waals surface area contributed by atoms with Gasteiger partial charge in [-0.3, -0.25) is 4.79 Å². The van der Waals surface area contributed by atoms with Crippen LogP contribution in [0.3, 0.4) is 0 Å². The van der Waals surface area contributed by atoms with E-state index in [1.54, 1.807) is 13.3 Å². The fourth-order valence-corrected chi connectivity index (χ4v) is 2.34. The number of ether oxygens (including phenoxy) is 1. The monoisotopic (exact) mass is 278 g/mol. The van der Waals surface area contributed by atoms with Gasteiger partial charge in [-0.05, 0) is 6.92 Å². The molecule has 1 aliphatic rings. The quantitative estimate of drug-likeness (QED) is 0.828. The van der Waals surface area contributed by atoms with Gasteiger partial charge >= 0.3 is 0 Å². The lowest BCUT2D eigenvalue weighted by atomic mass is 10.1.